The lowest BCUT2D eigenvalue weighted by molar-refractivity contribution is 0.102. The van der Waals surface area contributed by atoms with Crippen LogP contribution in [0.1, 0.15) is 10.5 Å². The van der Waals surface area contributed by atoms with Gasteiger partial charge in [0.2, 0.25) is 0 Å². The summed E-state index contributed by atoms with van der Waals surface area (Å²) in [6.45, 7) is 0. The molecule has 0 saturated heterocycles. The molecule has 0 aliphatic heterocycles. The molecular formula is C13H13BrN4O. The molecule has 19 heavy (non-hydrogen) atoms. The predicted molar refractivity (Wildman–Crippen MR) is 78.5 cm³/mol. The number of nitrogens with zero attached hydrogens (tertiary/aromatic N) is 3. The predicted octanol–water partition coefficient (Wildman–Crippen LogP) is 2.56. The van der Waals surface area contributed by atoms with Crippen molar-refractivity contribution in [1.82, 2.24) is 9.97 Å². The first kappa shape index (κ1) is 13.5. The zero-order valence-corrected chi connectivity index (χ0v) is 12.2. The van der Waals surface area contributed by atoms with Crippen molar-refractivity contribution in [2.45, 2.75) is 0 Å². The Labute approximate surface area is 119 Å². The van der Waals surface area contributed by atoms with E-state index in [-0.39, 0.29) is 5.91 Å². The number of anilines is 2. The third-order valence-electron chi connectivity index (χ3n) is 2.42. The van der Waals surface area contributed by atoms with Crippen LogP contribution in [0, 0.1) is 0 Å². The Morgan fingerprint density at radius 3 is 2.47 bits per heavy atom. The van der Waals surface area contributed by atoms with Gasteiger partial charge in [-0.15, -0.1) is 0 Å². The summed E-state index contributed by atoms with van der Waals surface area (Å²) < 4.78 is 0.834. The molecule has 1 N–H and O–H groups in total. The van der Waals surface area contributed by atoms with Crippen LogP contribution in [-0.2, 0) is 0 Å². The van der Waals surface area contributed by atoms with Gasteiger partial charge in [0.1, 0.15) is 11.5 Å². The van der Waals surface area contributed by atoms with Crippen LogP contribution in [0.5, 0.6) is 0 Å². The number of hydrogen-bond donors (Lipinski definition) is 1. The van der Waals surface area contributed by atoms with Crippen LogP contribution < -0.4 is 10.2 Å². The van der Waals surface area contributed by atoms with Crippen molar-refractivity contribution in [3.05, 3.63) is 46.8 Å². The van der Waals surface area contributed by atoms with Crippen LogP contribution in [0.2, 0.25) is 0 Å². The lowest BCUT2D eigenvalue weighted by Crippen LogP contribution is -2.14. The molecule has 5 nitrogen and oxygen atoms in total. The molecule has 0 aromatic carbocycles. The first-order valence-electron chi connectivity index (χ1n) is 5.62. The van der Waals surface area contributed by atoms with E-state index >= 15 is 0 Å². The molecule has 0 fully saturated rings. The minimum absolute atomic E-state index is 0.257. The Bertz CT molecular complexity index is 566. The summed E-state index contributed by atoms with van der Waals surface area (Å²) in [7, 11) is 3.82. The largest absolute Gasteiger partial charge is 0.363 e. The van der Waals surface area contributed by atoms with Crippen LogP contribution in [0.25, 0.3) is 0 Å². The molecule has 98 valence electrons. The quantitative estimate of drug-likeness (QED) is 0.944. The smallest absolute Gasteiger partial charge is 0.274 e. The summed E-state index contributed by atoms with van der Waals surface area (Å²) in [5.74, 6) is 0.576. The summed E-state index contributed by atoms with van der Waals surface area (Å²) in [6, 6.07) is 7.07. The van der Waals surface area contributed by atoms with Crippen LogP contribution in [0.15, 0.2) is 41.1 Å². The van der Waals surface area contributed by atoms with Gasteiger partial charge >= 0.3 is 0 Å². The lowest BCUT2D eigenvalue weighted by Gasteiger charge is -2.11. The number of carbonyl (C=O) groups is 1. The number of amides is 1. The van der Waals surface area contributed by atoms with Crippen molar-refractivity contribution in [3.8, 4) is 0 Å². The number of hydrogen-bond acceptors (Lipinski definition) is 4. The molecule has 2 rings (SSSR count). The van der Waals surface area contributed by atoms with Crippen molar-refractivity contribution in [3.63, 3.8) is 0 Å². The van der Waals surface area contributed by atoms with Gasteiger partial charge in [-0.3, -0.25) is 4.79 Å². The Morgan fingerprint density at radius 1 is 1.16 bits per heavy atom. The molecule has 2 heterocycles. The van der Waals surface area contributed by atoms with Gasteiger partial charge in [-0.2, -0.15) is 0 Å². The van der Waals surface area contributed by atoms with E-state index in [0.29, 0.717) is 11.4 Å². The van der Waals surface area contributed by atoms with E-state index < -0.39 is 0 Å². The van der Waals surface area contributed by atoms with E-state index in [2.05, 4.69) is 31.2 Å². The monoisotopic (exact) mass is 320 g/mol. The summed E-state index contributed by atoms with van der Waals surface area (Å²) in [5, 5.41) is 2.75. The Morgan fingerprint density at radius 2 is 1.95 bits per heavy atom. The summed E-state index contributed by atoms with van der Waals surface area (Å²) in [5.41, 5.74) is 1.00. The molecule has 2 aromatic heterocycles. The molecular weight excluding hydrogens is 308 g/mol. The Balaban J connectivity index is 2.08. The van der Waals surface area contributed by atoms with Gasteiger partial charge < -0.3 is 10.2 Å². The first-order chi connectivity index (χ1) is 9.06. The minimum atomic E-state index is -0.257. The molecule has 0 unspecified atom stereocenters. The maximum Gasteiger partial charge on any atom is 0.274 e. The average Bonchev–Trinajstić information content (AvgIpc) is 2.40. The fourth-order valence-corrected chi connectivity index (χ4v) is 1.66. The molecule has 0 spiro atoms. The Kier molecular flexibility index (Phi) is 4.11. The third kappa shape index (κ3) is 3.51. The van der Waals surface area contributed by atoms with E-state index in [1.165, 1.54) is 0 Å². The standard InChI is InChI=1S/C13H13BrN4O/c1-18(2)12-6-4-10(8-16-12)17-13(19)11-5-3-9(14)7-15-11/h3-8H,1-2H3,(H,17,19). The fraction of sp³-hybridized carbons (Fsp3) is 0.154. The molecule has 6 heteroatoms. The molecule has 0 bridgehead atoms. The molecule has 1 amide bonds. The van der Waals surface area contributed by atoms with Crippen molar-refractivity contribution in [2.24, 2.45) is 0 Å². The zero-order valence-electron chi connectivity index (χ0n) is 10.6. The maximum absolute atomic E-state index is 11.9. The van der Waals surface area contributed by atoms with Gasteiger partial charge in [0.05, 0.1) is 11.9 Å². The molecule has 0 aliphatic carbocycles. The van der Waals surface area contributed by atoms with Crippen molar-refractivity contribution < 1.29 is 4.79 Å². The molecule has 0 saturated carbocycles. The van der Waals surface area contributed by atoms with Crippen LogP contribution >= 0.6 is 15.9 Å². The van der Waals surface area contributed by atoms with Gasteiger partial charge in [-0.05, 0) is 40.2 Å². The number of pyridine rings is 2. The van der Waals surface area contributed by atoms with Gasteiger partial charge in [0.15, 0.2) is 0 Å². The zero-order chi connectivity index (χ0) is 13.8. The summed E-state index contributed by atoms with van der Waals surface area (Å²) >= 11 is 3.27. The molecule has 0 radical (unpaired) electrons. The van der Waals surface area contributed by atoms with E-state index in [1.807, 2.05) is 25.1 Å². The topological polar surface area (TPSA) is 58.1 Å². The van der Waals surface area contributed by atoms with E-state index in [9.17, 15) is 4.79 Å². The van der Waals surface area contributed by atoms with Gasteiger partial charge in [-0.1, -0.05) is 0 Å². The summed E-state index contributed by atoms with van der Waals surface area (Å²) in [6.07, 6.45) is 3.20. The maximum atomic E-state index is 11.9. The van der Waals surface area contributed by atoms with E-state index in [4.69, 9.17) is 0 Å². The first-order valence-corrected chi connectivity index (χ1v) is 6.42. The van der Waals surface area contributed by atoms with Crippen LogP contribution in [0.3, 0.4) is 0 Å². The number of carbonyl (C=O) groups excluding carboxylic acids is 1. The van der Waals surface area contributed by atoms with Gasteiger partial charge in [0.25, 0.3) is 5.91 Å². The van der Waals surface area contributed by atoms with Gasteiger partial charge in [0, 0.05) is 24.8 Å². The highest BCUT2D eigenvalue weighted by Crippen LogP contribution is 2.13. The highest BCUT2D eigenvalue weighted by atomic mass is 79.9. The number of halogens is 1. The Hall–Kier alpha value is -1.95. The van der Waals surface area contributed by atoms with Crippen LogP contribution in [-0.4, -0.2) is 30.0 Å². The lowest BCUT2D eigenvalue weighted by atomic mass is 10.3. The highest BCUT2D eigenvalue weighted by molar-refractivity contribution is 9.10. The molecule has 0 atom stereocenters. The second-order valence-corrected chi connectivity index (χ2v) is 5.03. The second-order valence-electron chi connectivity index (χ2n) is 4.12. The molecule has 2 aromatic rings. The van der Waals surface area contributed by atoms with Crippen LogP contribution in [0.4, 0.5) is 11.5 Å². The van der Waals surface area contributed by atoms with E-state index in [1.54, 1.807) is 30.6 Å². The normalized spacial score (nSPS) is 10.1. The molecule has 0 aliphatic rings. The SMILES string of the molecule is CN(C)c1ccc(NC(=O)c2ccc(Br)cn2)cn1. The fourth-order valence-electron chi connectivity index (χ4n) is 1.43. The third-order valence-corrected chi connectivity index (χ3v) is 2.89. The number of rotatable bonds is 3. The van der Waals surface area contributed by atoms with E-state index in [0.717, 1.165) is 10.3 Å². The average molecular weight is 321 g/mol. The minimum Gasteiger partial charge on any atom is -0.363 e. The van der Waals surface area contributed by atoms with Gasteiger partial charge in [-0.25, -0.2) is 9.97 Å². The highest BCUT2D eigenvalue weighted by Gasteiger charge is 2.07. The number of aromatic nitrogens is 2. The van der Waals surface area contributed by atoms with Crippen molar-refractivity contribution >= 4 is 33.3 Å². The number of nitrogens with one attached hydrogen (secondary N) is 1. The van der Waals surface area contributed by atoms with Crippen molar-refractivity contribution in [1.29, 1.82) is 0 Å². The van der Waals surface area contributed by atoms with Crippen molar-refractivity contribution in [2.75, 3.05) is 24.3 Å². The summed E-state index contributed by atoms with van der Waals surface area (Å²) in [4.78, 5) is 22.1. The second kappa shape index (κ2) is 5.79.